The van der Waals surface area contributed by atoms with Crippen molar-refractivity contribution in [1.82, 2.24) is 15.5 Å². The highest BCUT2D eigenvalue weighted by Crippen LogP contribution is 2.20. The van der Waals surface area contributed by atoms with E-state index in [-0.39, 0.29) is 0 Å². The van der Waals surface area contributed by atoms with Gasteiger partial charge in [-0.2, -0.15) is 0 Å². The Labute approximate surface area is 154 Å². The van der Waals surface area contributed by atoms with E-state index in [0.717, 1.165) is 50.9 Å². The molecule has 0 aliphatic carbocycles. The largest absolute Gasteiger partial charge is 0.379 e. The molecule has 1 aliphatic heterocycles. The van der Waals surface area contributed by atoms with Gasteiger partial charge in [-0.3, -0.25) is 9.89 Å². The standard InChI is InChI=1S/C17H26Cl2N4O/c1-13(12-23-5-7-24-8-6-23)10-21-17(20-2)22-11-14-3-4-15(18)9-16(14)19/h3-4,9,13H,5-8,10-12H2,1-2H3,(H2,20,21,22). The van der Waals surface area contributed by atoms with Gasteiger partial charge in [0.05, 0.1) is 13.2 Å². The molecule has 24 heavy (non-hydrogen) atoms. The number of hydrogen-bond donors (Lipinski definition) is 2. The van der Waals surface area contributed by atoms with E-state index in [1.54, 1.807) is 13.1 Å². The lowest BCUT2D eigenvalue weighted by Crippen LogP contribution is -2.43. The van der Waals surface area contributed by atoms with Gasteiger partial charge in [0.15, 0.2) is 5.96 Å². The maximum Gasteiger partial charge on any atom is 0.191 e. The molecule has 1 atom stereocenters. The fourth-order valence-electron chi connectivity index (χ4n) is 2.62. The van der Waals surface area contributed by atoms with Crippen LogP contribution >= 0.6 is 23.2 Å². The van der Waals surface area contributed by atoms with Crippen molar-refractivity contribution in [2.45, 2.75) is 13.5 Å². The summed E-state index contributed by atoms with van der Waals surface area (Å²) in [4.78, 5) is 6.70. The number of rotatable bonds is 6. The summed E-state index contributed by atoms with van der Waals surface area (Å²) in [5.41, 5.74) is 0.991. The first kappa shape index (κ1) is 19.3. The summed E-state index contributed by atoms with van der Waals surface area (Å²) in [6.07, 6.45) is 0. The van der Waals surface area contributed by atoms with Crippen molar-refractivity contribution in [3.8, 4) is 0 Å². The third-order valence-corrected chi connectivity index (χ3v) is 4.56. The second-order valence-electron chi connectivity index (χ2n) is 6.06. The average Bonchev–Trinajstić information content (AvgIpc) is 2.57. The number of hydrogen-bond acceptors (Lipinski definition) is 3. The van der Waals surface area contributed by atoms with Gasteiger partial charge in [0.1, 0.15) is 0 Å². The minimum absolute atomic E-state index is 0.528. The zero-order chi connectivity index (χ0) is 17.4. The number of nitrogens with zero attached hydrogens (tertiary/aromatic N) is 2. The van der Waals surface area contributed by atoms with Crippen LogP contribution in [0.15, 0.2) is 23.2 Å². The molecule has 5 nitrogen and oxygen atoms in total. The highest BCUT2D eigenvalue weighted by Gasteiger charge is 2.14. The monoisotopic (exact) mass is 372 g/mol. The summed E-state index contributed by atoms with van der Waals surface area (Å²) in [6, 6.07) is 5.51. The Hall–Kier alpha value is -1.01. The average molecular weight is 373 g/mol. The third kappa shape index (κ3) is 6.48. The lowest BCUT2D eigenvalue weighted by Gasteiger charge is -2.29. The smallest absolute Gasteiger partial charge is 0.191 e. The second-order valence-corrected chi connectivity index (χ2v) is 6.90. The minimum Gasteiger partial charge on any atom is -0.379 e. The van der Waals surface area contributed by atoms with Crippen molar-refractivity contribution < 1.29 is 4.74 Å². The molecule has 1 unspecified atom stereocenters. The van der Waals surface area contributed by atoms with Gasteiger partial charge in [0.2, 0.25) is 0 Å². The van der Waals surface area contributed by atoms with Crippen LogP contribution < -0.4 is 10.6 Å². The Kier molecular flexibility index (Phi) is 8.12. The second kappa shape index (κ2) is 10.1. The highest BCUT2D eigenvalue weighted by atomic mass is 35.5. The highest BCUT2D eigenvalue weighted by molar-refractivity contribution is 6.35. The number of halogens is 2. The molecule has 134 valence electrons. The van der Waals surface area contributed by atoms with E-state index in [1.807, 2.05) is 12.1 Å². The number of guanidine groups is 1. The molecular weight excluding hydrogens is 347 g/mol. The third-order valence-electron chi connectivity index (χ3n) is 3.98. The van der Waals surface area contributed by atoms with Gasteiger partial charge < -0.3 is 15.4 Å². The summed E-state index contributed by atoms with van der Waals surface area (Å²) in [7, 11) is 1.77. The molecule has 0 amide bonds. The predicted octanol–water partition coefficient (Wildman–Crippen LogP) is 2.63. The molecule has 1 aromatic carbocycles. The Morgan fingerprint density at radius 1 is 1.29 bits per heavy atom. The number of ether oxygens (including phenoxy) is 1. The van der Waals surface area contributed by atoms with Crippen molar-refractivity contribution in [2.75, 3.05) is 46.4 Å². The molecule has 0 aromatic heterocycles. The summed E-state index contributed by atoms with van der Waals surface area (Å²) < 4.78 is 5.38. The fraction of sp³-hybridized carbons (Fsp3) is 0.588. The molecule has 1 heterocycles. The first-order valence-corrected chi connectivity index (χ1v) is 9.02. The number of aliphatic imine (C=N–C) groups is 1. The molecular formula is C17H26Cl2N4O. The van der Waals surface area contributed by atoms with Crippen LogP contribution in [0.2, 0.25) is 10.0 Å². The molecule has 0 spiro atoms. The summed E-state index contributed by atoms with van der Waals surface area (Å²) in [5.74, 6) is 1.30. The Morgan fingerprint density at radius 2 is 2.04 bits per heavy atom. The van der Waals surface area contributed by atoms with Crippen LogP contribution in [0.3, 0.4) is 0 Å². The number of nitrogens with one attached hydrogen (secondary N) is 2. The minimum atomic E-state index is 0.528. The summed E-state index contributed by atoms with van der Waals surface area (Å²) in [5, 5.41) is 7.95. The van der Waals surface area contributed by atoms with E-state index in [9.17, 15) is 0 Å². The maximum absolute atomic E-state index is 6.19. The van der Waals surface area contributed by atoms with Gasteiger partial charge >= 0.3 is 0 Å². The van der Waals surface area contributed by atoms with Crippen LogP contribution in [0, 0.1) is 5.92 Å². The van der Waals surface area contributed by atoms with E-state index in [2.05, 4.69) is 27.4 Å². The van der Waals surface area contributed by atoms with Gasteiger partial charge in [-0.15, -0.1) is 0 Å². The molecule has 1 fully saturated rings. The molecule has 7 heteroatoms. The van der Waals surface area contributed by atoms with Crippen molar-refractivity contribution in [3.05, 3.63) is 33.8 Å². The normalized spacial score (nSPS) is 17.6. The predicted molar refractivity (Wildman–Crippen MR) is 101 cm³/mol. The van der Waals surface area contributed by atoms with Crippen LogP contribution in [0.1, 0.15) is 12.5 Å². The maximum atomic E-state index is 6.19. The number of morpholine rings is 1. The molecule has 1 saturated heterocycles. The molecule has 2 rings (SSSR count). The summed E-state index contributed by atoms with van der Waals surface area (Å²) in [6.45, 7) is 8.50. The molecule has 1 aromatic rings. The first-order valence-electron chi connectivity index (χ1n) is 8.27. The Morgan fingerprint density at radius 3 is 2.71 bits per heavy atom. The van der Waals surface area contributed by atoms with Crippen molar-refractivity contribution in [3.63, 3.8) is 0 Å². The topological polar surface area (TPSA) is 48.9 Å². The summed E-state index contributed by atoms with van der Waals surface area (Å²) >= 11 is 12.1. The van der Waals surface area contributed by atoms with Crippen LogP contribution in [0.25, 0.3) is 0 Å². The fourth-order valence-corrected chi connectivity index (χ4v) is 3.10. The lowest BCUT2D eigenvalue weighted by molar-refractivity contribution is 0.0320. The van der Waals surface area contributed by atoms with Gasteiger partial charge in [-0.05, 0) is 23.6 Å². The molecule has 0 radical (unpaired) electrons. The van der Waals surface area contributed by atoms with Gasteiger partial charge in [0.25, 0.3) is 0 Å². The molecule has 2 N–H and O–H groups in total. The van der Waals surface area contributed by atoms with E-state index in [0.29, 0.717) is 22.5 Å². The lowest BCUT2D eigenvalue weighted by atomic mass is 10.1. The van der Waals surface area contributed by atoms with Crippen molar-refractivity contribution >= 4 is 29.2 Å². The van der Waals surface area contributed by atoms with Crippen LogP contribution in [0.5, 0.6) is 0 Å². The zero-order valence-corrected chi connectivity index (χ0v) is 15.8. The quantitative estimate of drug-likeness (QED) is 0.595. The van der Waals surface area contributed by atoms with Crippen molar-refractivity contribution in [1.29, 1.82) is 0 Å². The Balaban J connectivity index is 1.73. The molecule has 1 aliphatic rings. The molecule has 0 bridgehead atoms. The Bertz CT molecular complexity index is 547. The molecule has 0 saturated carbocycles. The SMILES string of the molecule is CN=C(NCc1ccc(Cl)cc1Cl)NCC(C)CN1CCOCC1. The zero-order valence-electron chi connectivity index (χ0n) is 14.3. The van der Waals surface area contributed by atoms with Crippen molar-refractivity contribution in [2.24, 2.45) is 10.9 Å². The van der Waals surface area contributed by atoms with E-state index >= 15 is 0 Å². The number of benzene rings is 1. The van der Waals surface area contributed by atoms with Crippen LogP contribution in [-0.2, 0) is 11.3 Å². The van der Waals surface area contributed by atoms with Gasteiger partial charge in [0, 0.05) is 49.8 Å². The van der Waals surface area contributed by atoms with Gasteiger partial charge in [-0.25, -0.2) is 0 Å². The van der Waals surface area contributed by atoms with E-state index in [4.69, 9.17) is 27.9 Å². The van der Waals surface area contributed by atoms with E-state index in [1.165, 1.54) is 0 Å². The van der Waals surface area contributed by atoms with Crippen LogP contribution in [-0.4, -0.2) is 57.3 Å². The first-order chi connectivity index (χ1) is 11.6. The van der Waals surface area contributed by atoms with Crippen LogP contribution in [0.4, 0.5) is 0 Å². The van der Waals surface area contributed by atoms with E-state index < -0.39 is 0 Å². The van der Waals surface area contributed by atoms with Gasteiger partial charge in [-0.1, -0.05) is 36.2 Å².